The summed E-state index contributed by atoms with van der Waals surface area (Å²) in [4.78, 5) is 14.3. The Morgan fingerprint density at radius 3 is 2.46 bits per heavy atom. The highest BCUT2D eigenvalue weighted by atomic mass is 16.5. The van der Waals surface area contributed by atoms with Crippen LogP contribution in [0.5, 0.6) is 11.5 Å². The van der Waals surface area contributed by atoms with Gasteiger partial charge >= 0.3 is 0 Å². The first-order valence-corrected chi connectivity index (χ1v) is 8.46. The first-order chi connectivity index (χ1) is 11.7. The van der Waals surface area contributed by atoms with Crippen LogP contribution in [0.3, 0.4) is 0 Å². The van der Waals surface area contributed by atoms with Gasteiger partial charge in [0.25, 0.3) is 5.91 Å². The van der Waals surface area contributed by atoms with Crippen LogP contribution in [-0.4, -0.2) is 64.4 Å². The number of rotatable bonds is 9. The van der Waals surface area contributed by atoms with Gasteiger partial charge in [-0.15, -0.1) is 0 Å². The molecule has 1 aromatic rings. The fourth-order valence-electron chi connectivity index (χ4n) is 2.76. The molecule has 0 aromatic heterocycles. The number of ether oxygens (including phenoxy) is 3. The second-order valence-electron chi connectivity index (χ2n) is 6.05. The third kappa shape index (κ3) is 6.37. The van der Waals surface area contributed by atoms with Crippen LogP contribution in [-0.2, 0) is 9.53 Å². The van der Waals surface area contributed by atoms with E-state index in [2.05, 4.69) is 10.2 Å². The van der Waals surface area contributed by atoms with E-state index in [9.17, 15) is 4.79 Å². The van der Waals surface area contributed by atoms with Crippen molar-refractivity contribution in [2.75, 3.05) is 53.6 Å². The van der Waals surface area contributed by atoms with E-state index in [0.717, 1.165) is 51.4 Å². The van der Waals surface area contributed by atoms with Crippen LogP contribution < -0.4 is 14.8 Å². The number of hydrogen-bond acceptors (Lipinski definition) is 5. The number of nitrogens with zero attached hydrogens (tertiary/aromatic N) is 1. The predicted octanol–water partition coefficient (Wildman–Crippen LogP) is 1.55. The molecule has 1 aliphatic rings. The molecule has 0 unspecified atom stereocenters. The molecule has 1 amide bonds. The quantitative estimate of drug-likeness (QED) is 0.741. The molecular formula is C18H28N2O4. The van der Waals surface area contributed by atoms with Gasteiger partial charge in [0.05, 0.1) is 13.7 Å². The zero-order chi connectivity index (χ0) is 17.2. The van der Waals surface area contributed by atoms with Crippen molar-refractivity contribution in [3.8, 4) is 11.5 Å². The molecule has 2 rings (SSSR count). The van der Waals surface area contributed by atoms with E-state index in [1.807, 2.05) is 12.1 Å². The number of carbonyl (C=O) groups is 1. The van der Waals surface area contributed by atoms with Crippen LogP contribution >= 0.6 is 0 Å². The highest BCUT2D eigenvalue weighted by molar-refractivity contribution is 5.77. The number of methoxy groups -OCH3 is 2. The fourth-order valence-corrected chi connectivity index (χ4v) is 2.76. The lowest BCUT2D eigenvalue weighted by atomic mass is 9.97. The number of nitrogens with one attached hydrogen (secondary N) is 1. The highest BCUT2D eigenvalue weighted by Gasteiger charge is 2.19. The van der Waals surface area contributed by atoms with Crippen LogP contribution in [0.2, 0.25) is 0 Å². The molecule has 0 bridgehead atoms. The SMILES string of the molecule is COCCN1CCC(CNC(=O)COc2ccc(OC)cc2)CC1. The van der Waals surface area contributed by atoms with Crippen molar-refractivity contribution < 1.29 is 19.0 Å². The van der Waals surface area contributed by atoms with Crippen LogP contribution in [0, 0.1) is 5.92 Å². The monoisotopic (exact) mass is 336 g/mol. The van der Waals surface area contributed by atoms with E-state index in [1.165, 1.54) is 0 Å². The molecule has 6 heteroatoms. The zero-order valence-electron chi connectivity index (χ0n) is 14.6. The highest BCUT2D eigenvalue weighted by Crippen LogP contribution is 2.17. The first kappa shape index (κ1) is 18.5. The Balaban J connectivity index is 1.59. The second-order valence-corrected chi connectivity index (χ2v) is 6.05. The summed E-state index contributed by atoms with van der Waals surface area (Å²) in [5, 5.41) is 2.97. The Morgan fingerprint density at radius 1 is 1.17 bits per heavy atom. The van der Waals surface area contributed by atoms with Gasteiger partial charge in [-0.25, -0.2) is 0 Å². The maximum atomic E-state index is 11.9. The molecule has 1 aromatic carbocycles. The van der Waals surface area contributed by atoms with Gasteiger partial charge in [-0.3, -0.25) is 4.79 Å². The maximum absolute atomic E-state index is 11.9. The summed E-state index contributed by atoms with van der Waals surface area (Å²) in [6.45, 7) is 4.69. The maximum Gasteiger partial charge on any atom is 0.257 e. The third-order valence-electron chi connectivity index (χ3n) is 4.34. The Kier molecular flexibility index (Phi) is 7.85. The minimum absolute atomic E-state index is 0.0407. The summed E-state index contributed by atoms with van der Waals surface area (Å²) < 4.78 is 15.7. The zero-order valence-corrected chi connectivity index (χ0v) is 14.6. The molecule has 1 fully saturated rings. The minimum atomic E-state index is -0.0763. The van der Waals surface area contributed by atoms with E-state index < -0.39 is 0 Å². The van der Waals surface area contributed by atoms with E-state index in [-0.39, 0.29) is 12.5 Å². The lowest BCUT2D eigenvalue weighted by molar-refractivity contribution is -0.123. The lowest BCUT2D eigenvalue weighted by Crippen LogP contribution is -2.40. The predicted molar refractivity (Wildman–Crippen MR) is 92.5 cm³/mol. The van der Waals surface area contributed by atoms with Gasteiger partial charge in [-0.1, -0.05) is 0 Å². The summed E-state index contributed by atoms with van der Waals surface area (Å²) >= 11 is 0. The molecule has 0 radical (unpaired) electrons. The van der Waals surface area contributed by atoms with Crippen molar-refractivity contribution in [1.29, 1.82) is 0 Å². The van der Waals surface area contributed by atoms with Crippen molar-refractivity contribution in [2.24, 2.45) is 5.92 Å². The molecule has 0 atom stereocenters. The molecule has 0 spiro atoms. The van der Waals surface area contributed by atoms with Crippen molar-refractivity contribution in [3.63, 3.8) is 0 Å². The molecule has 1 aliphatic heterocycles. The first-order valence-electron chi connectivity index (χ1n) is 8.46. The van der Waals surface area contributed by atoms with E-state index in [4.69, 9.17) is 14.2 Å². The summed E-state index contributed by atoms with van der Waals surface area (Å²) in [6, 6.07) is 7.21. The van der Waals surface area contributed by atoms with Crippen molar-refractivity contribution in [2.45, 2.75) is 12.8 Å². The molecule has 6 nitrogen and oxygen atoms in total. The van der Waals surface area contributed by atoms with E-state index >= 15 is 0 Å². The average Bonchev–Trinajstić information content (AvgIpc) is 2.64. The van der Waals surface area contributed by atoms with Crippen molar-refractivity contribution in [1.82, 2.24) is 10.2 Å². The van der Waals surface area contributed by atoms with Gasteiger partial charge in [0.1, 0.15) is 11.5 Å². The lowest BCUT2D eigenvalue weighted by Gasteiger charge is -2.31. The number of carbonyl (C=O) groups excluding carboxylic acids is 1. The van der Waals surface area contributed by atoms with Crippen LogP contribution in [0.4, 0.5) is 0 Å². The normalized spacial score (nSPS) is 15.9. The largest absolute Gasteiger partial charge is 0.497 e. The van der Waals surface area contributed by atoms with Gasteiger partial charge < -0.3 is 24.4 Å². The number of likely N-dealkylation sites (tertiary alicyclic amines) is 1. The second kappa shape index (κ2) is 10.2. The smallest absolute Gasteiger partial charge is 0.257 e. The Bertz CT molecular complexity index is 484. The molecule has 0 aliphatic carbocycles. The molecule has 1 N–H and O–H groups in total. The Hall–Kier alpha value is -1.79. The number of piperidine rings is 1. The van der Waals surface area contributed by atoms with Crippen LogP contribution in [0.25, 0.3) is 0 Å². The molecular weight excluding hydrogens is 308 g/mol. The van der Waals surface area contributed by atoms with Crippen LogP contribution in [0.1, 0.15) is 12.8 Å². The fraction of sp³-hybridized carbons (Fsp3) is 0.611. The van der Waals surface area contributed by atoms with Gasteiger partial charge in [-0.05, 0) is 56.1 Å². The van der Waals surface area contributed by atoms with Crippen LogP contribution in [0.15, 0.2) is 24.3 Å². The third-order valence-corrected chi connectivity index (χ3v) is 4.34. The minimum Gasteiger partial charge on any atom is -0.497 e. The van der Waals surface area contributed by atoms with Gasteiger partial charge in [0.15, 0.2) is 6.61 Å². The number of hydrogen-bond donors (Lipinski definition) is 1. The van der Waals surface area contributed by atoms with Gasteiger partial charge in [0.2, 0.25) is 0 Å². The average molecular weight is 336 g/mol. The molecule has 0 saturated carbocycles. The number of benzene rings is 1. The van der Waals surface area contributed by atoms with E-state index in [0.29, 0.717) is 11.7 Å². The molecule has 1 saturated heterocycles. The molecule has 134 valence electrons. The Morgan fingerprint density at radius 2 is 1.83 bits per heavy atom. The van der Waals surface area contributed by atoms with Gasteiger partial charge in [0, 0.05) is 20.2 Å². The molecule has 24 heavy (non-hydrogen) atoms. The molecule has 1 heterocycles. The summed E-state index contributed by atoms with van der Waals surface area (Å²) in [7, 11) is 3.35. The number of amides is 1. The summed E-state index contributed by atoms with van der Waals surface area (Å²) in [5.41, 5.74) is 0. The standard InChI is InChI=1S/C18H28N2O4/c1-22-12-11-20-9-7-15(8-10-20)13-19-18(21)14-24-17-5-3-16(23-2)4-6-17/h3-6,15H,7-14H2,1-2H3,(H,19,21). The van der Waals surface area contributed by atoms with Crippen molar-refractivity contribution in [3.05, 3.63) is 24.3 Å². The summed E-state index contributed by atoms with van der Waals surface area (Å²) in [5.74, 6) is 1.91. The Labute approximate surface area is 144 Å². The van der Waals surface area contributed by atoms with Gasteiger partial charge in [-0.2, -0.15) is 0 Å². The summed E-state index contributed by atoms with van der Waals surface area (Å²) in [6.07, 6.45) is 2.23. The van der Waals surface area contributed by atoms with E-state index in [1.54, 1.807) is 26.4 Å². The topological polar surface area (TPSA) is 60.0 Å². The van der Waals surface area contributed by atoms with Crippen molar-refractivity contribution >= 4 is 5.91 Å².